The molecule has 74 valence electrons. The molecule has 13 heavy (non-hydrogen) atoms. The van der Waals surface area contributed by atoms with Crippen molar-refractivity contribution in [2.45, 2.75) is 25.2 Å². The Hall–Kier alpha value is -1.11. The molecule has 0 amide bonds. The van der Waals surface area contributed by atoms with Gasteiger partial charge in [0.2, 0.25) is 0 Å². The van der Waals surface area contributed by atoms with Crippen LogP contribution in [0, 0.1) is 0 Å². The van der Waals surface area contributed by atoms with Gasteiger partial charge in [0.1, 0.15) is 12.7 Å². The first kappa shape index (κ1) is 9.97. The van der Waals surface area contributed by atoms with E-state index in [4.69, 9.17) is 5.11 Å². The molecule has 4 nitrogen and oxygen atoms in total. The first-order chi connectivity index (χ1) is 5.83. The van der Waals surface area contributed by atoms with Crippen molar-refractivity contribution in [3.05, 3.63) is 12.7 Å². The SMILES string of the molecule is CC(O)(Cn1cnnc1)C(F)(F)F. The standard InChI is InChI=1S/C6H8F3N3O/c1-5(13,6(7,8)9)2-12-3-10-11-4-12/h3-4,13H,2H2,1H3. The molecule has 0 aliphatic heterocycles. The van der Waals surface area contributed by atoms with Gasteiger partial charge in [-0.3, -0.25) is 0 Å². The summed E-state index contributed by atoms with van der Waals surface area (Å²) in [5.41, 5.74) is -2.75. The van der Waals surface area contributed by atoms with Crippen LogP contribution in [0.15, 0.2) is 12.7 Å². The Morgan fingerprint density at radius 3 is 2.15 bits per heavy atom. The highest BCUT2D eigenvalue weighted by Gasteiger charge is 2.50. The van der Waals surface area contributed by atoms with Crippen LogP contribution in [0.3, 0.4) is 0 Å². The van der Waals surface area contributed by atoms with E-state index in [1.165, 1.54) is 0 Å². The summed E-state index contributed by atoms with van der Waals surface area (Å²) in [6.07, 6.45) is -2.43. The number of rotatable bonds is 2. The molecule has 1 atom stereocenters. The average molecular weight is 195 g/mol. The summed E-state index contributed by atoms with van der Waals surface area (Å²) in [6, 6.07) is 0. The molecule has 0 fully saturated rings. The lowest BCUT2D eigenvalue weighted by Crippen LogP contribution is -2.45. The number of alkyl halides is 3. The van der Waals surface area contributed by atoms with E-state index in [-0.39, 0.29) is 0 Å². The van der Waals surface area contributed by atoms with Gasteiger partial charge in [-0.1, -0.05) is 0 Å². The largest absolute Gasteiger partial charge is 0.418 e. The number of hydrogen-bond donors (Lipinski definition) is 1. The molecule has 0 spiro atoms. The molecule has 0 saturated carbocycles. The van der Waals surface area contributed by atoms with Crippen molar-refractivity contribution in [3.8, 4) is 0 Å². The van der Waals surface area contributed by atoms with Crippen LogP contribution in [0.5, 0.6) is 0 Å². The van der Waals surface area contributed by atoms with Crippen molar-refractivity contribution in [2.24, 2.45) is 0 Å². The van der Waals surface area contributed by atoms with Crippen LogP contribution in [-0.2, 0) is 6.54 Å². The Morgan fingerprint density at radius 2 is 1.77 bits per heavy atom. The molecule has 0 bridgehead atoms. The van der Waals surface area contributed by atoms with Gasteiger partial charge in [0, 0.05) is 0 Å². The Morgan fingerprint density at radius 1 is 1.31 bits per heavy atom. The molecule has 0 aromatic carbocycles. The zero-order valence-corrected chi connectivity index (χ0v) is 6.78. The molecule has 0 radical (unpaired) electrons. The van der Waals surface area contributed by atoms with Crippen LogP contribution in [0.4, 0.5) is 13.2 Å². The van der Waals surface area contributed by atoms with E-state index in [1.54, 1.807) is 0 Å². The lowest BCUT2D eigenvalue weighted by Gasteiger charge is -2.25. The molecule has 7 heteroatoms. The van der Waals surface area contributed by atoms with Gasteiger partial charge in [-0.25, -0.2) is 0 Å². The van der Waals surface area contributed by atoms with Crippen LogP contribution in [0.25, 0.3) is 0 Å². The molecule has 1 aromatic heterocycles. The van der Waals surface area contributed by atoms with E-state index in [0.29, 0.717) is 6.92 Å². The number of nitrogens with zero attached hydrogens (tertiary/aromatic N) is 3. The van der Waals surface area contributed by atoms with Gasteiger partial charge in [-0.05, 0) is 6.92 Å². The van der Waals surface area contributed by atoms with Crippen molar-refractivity contribution < 1.29 is 18.3 Å². The monoisotopic (exact) mass is 195 g/mol. The Labute approximate surface area is 72.0 Å². The molecular weight excluding hydrogens is 187 g/mol. The molecular formula is C6H8F3N3O. The second-order valence-corrected chi connectivity index (χ2v) is 2.91. The van der Waals surface area contributed by atoms with E-state index in [1.807, 2.05) is 0 Å². The summed E-state index contributed by atoms with van der Waals surface area (Å²) in [5, 5.41) is 15.7. The van der Waals surface area contributed by atoms with Gasteiger partial charge in [-0.2, -0.15) is 13.2 Å². The lowest BCUT2D eigenvalue weighted by atomic mass is 10.1. The van der Waals surface area contributed by atoms with Crippen LogP contribution in [0.2, 0.25) is 0 Å². The number of aliphatic hydroxyl groups is 1. The minimum absolute atomic E-state index is 0.608. The van der Waals surface area contributed by atoms with Crippen molar-refractivity contribution in [1.82, 2.24) is 14.8 Å². The van der Waals surface area contributed by atoms with Gasteiger partial charge >= 0.3 is 6.18 Å². The number of aromatic nitrogens is 3. The normalized spacial score (nSPS) is 17.0. The maximum absolute atomic E-state index is 12.1. The van der Waals surface area contributed by atoms with Crippen molar-refractivity contribution in [3.63, 3.8) is 0 Å². The van der Waals surface area contributed by atoms with Crippen molar-refractivity contribution >= 4 is 0 Å². The quantitative estimate of drug-likeness (QED) is 0.751. The molecule has 1 unspecified atom stereocenters. The second-order valence-electron chi connectivity index (χ2n) is 2.91. The predicted octanol–water partition coefficient (Wildman–Crippen LogP) is 0.591. The third-order valence-corrected chi connectivity index (χ3v) is 1.57. The summed E-state index contributed by atoms with van der Waals surface area (Å²) >= 11 is 0. The van der Waals surface area contributed by atoms with Gasteiger partial charge in [-0.15, -0.1) is 10.2 Å². The Kier molecular flexibility index (Phi) is 2.29. The highest BCUT2D eigenvalue weighted by molar-refractivity contribution is 4.82. The van der Waals surface area contributed by atoms with E-state index in [0.717, 1.165) is 17.2 Å². The minimum Gasteiger partial charge on any atom is -0.379 e. The molecule has 0 saturated heterocycles. The van der Waals surface area contributed by atoms with Crippen LogP contribution in [0.1, 0.15) is 6.92 Å². The minimum atomic E-state index is -4.66. The van der Waals surface area contributed by atoms with E-state index in [9.17, 15) is 13.2 Å². The molecule has 0 aliphatic rings. The summed E-state index contributed by atoms with van der Waals surface area (Å²) in [7, 11) is 0. The van der Waals surface area contributed by atoms with Crippen LogP contribution >= 0.6 is 0 Å². The molecule has 0 aliphatic carbocycles. The van der Waals surface area contributed by atoms with E-state index < -0.39 is 18.3 Å². The van der Waals surface area contributed by atoms with Crippen molar-refractivity contribution in [2.75, 3.05) is 0 Å². The van der Waals surface area contributed by atoms with E-state index in [2.05, 4.69) is 10.2 Å². The molecule has 1 heterocycles. The summed E-state index contributed by atoms with van der Waals surface area (Å²) in [6.45, 7) is 0.0938. The van der Waals surface area contributed by atoms with Gasteiger partial charge in [0.25, 0.3) is 0 Å². The number of hydrogen-bond acceptors (Lipinski definition) is 3. The van der Waals surface area contributed by atoms with Crippen LogP contribution < -0.4 is 0 Å². The molecule has 1 aromatic rings. The zero-order valence-electron chi connectivity index (χ0n) is 6.78. The topological polar surface area (TPSA) is 50.9 Å². The predicted molar refractivity (Wildman–Crippen MR) is 36.7 cm³/mol. The fourth-order valence-electron chi connectivity index (χ4n) is 0.749. The Bertz CT molecular complexity index is 267. The third kappa shape index (κ3) is 2.18. The first-order valence-corrected chi connectivity index (χ1v) is 3.44. The average Bonchev–Trinajstić information content (AvgIpc) is 2.35. The number of halogens is 3. The summed E-state index contributed by atoms with van der Waals surface area (Å²) in [5.74, 6) is 0. The molecule has 1 N–H and O–H groups in total. The van der Waals surface area contributed by atoms with E-state index >= 15 is 0 Å². The second kappa shape index (κ2) is 2.99. The van der Waals surface area contributed by atoms with Crippen molar-refractivity contribution in [1.29, 1.82) is 0 Å². The maximum atomic E-state index is 12.1. The third-order valence-electron chi connectivity index (χ3n) is 1.57. The maximum Gasteiger partial charge on any atom is 0.418 e. The lowest BCUT2D eigenvalue weighted by molar-refractivity contribution is -0.257. The fourth-order valence-corrected chi connectivity index (χ4v) is 0.749. The molecule has 1 rings (SSSR count). The van der Waals surface area contributed by atoms with Gasteiger partial charge in [0.05, 0.1) is 6.54 Å². The van der Waals surface area contributed by atoms with Gasteiger partial charge in [0.15, 0.2) is 5.60 Å². The van der Waals surface area contributed by atoms with Crippen LogP contribution in [-0.4, -0.2) is 31.6 Å². The first-order valence-electron chi connectivity index (χ1n) is 3.44. The smallest absolute Gasteiger partial charge is 0.379 e. The Balaban J connectivity index is 2.73. The highest BCUT2D eigenvalue weighted by atomic mass is 19.4. The fraction of sp³-hybridized carbons (Fsp3) is 0.667. The highest BCUT2D eigenvalue weighted by Crippen LogP contribution is 2.30. The summed E-state index contributed by atoms with van der Waals surface area (Å²) < 4.78 is 37.4. The van der Waals surface area contributed by atoms with Gasteiger partial charge < -0.3 is 9.67 Å². The summed E-state index contributed by atoms with van der Waals surface area (Å²) in [4.78, 5) is 0. The zero-order chi connectivity index (χ0) is 10.1.